The van der Waals surface area contributed by atoms with Crippen molar-refractivity contribution in [2.75, 3.05) is 0 Å². The quantitative estimate of drug-likeness (QED) is 0.864. The number of hydrogen-bond donors (Lipinski definition) is 2. The molecule has 1 saturated carbocycles. The maximum Gasteiger partial charge on any atom is 0.127 e. The first kappa shape index (κ1) is 17.7. The van der Waals surface area contributed by atoms with Crippen molar-refractivity contribution in [3.8, 4) is 0 Å². The van der Waals surface area contributed by atoms with Crippen LogP contribution >= 0.6 is 0 Å². The highest BCUT2D eigenvalue weighted by Crippen LogP contribution is 2.49. The van der Waals surface area contributed by atoms with Crippen molar-refractivity contribution < 1.29 is 19.3 Å². The van der Waals surface area contributed by atoms with Crippen molar-refractivity contribution in [2.24, 2.45) is 5.92 Å². The van der Waals surface area contributed by atoms with E-state index in [1.165, 1.54) is 5.56 Å². The van der Waals surface area contributed by atoms with Crippen LogP contribution < -0.4 is 0 Å². The molecule has 2 aromatic rings. The molecule has 0 amide bonds. The Bertz CT molecular complexity index is 803. The lowest BCUT2D eigenvalue weighted by molar-refractivity contribution is -0.151. The first-order valence-electron chi connectivity index (χ1n) is 9.25. The monoisotopic (exact) mass is 356 g/mol. The van der Waals surface area contributed by atoms with E-state index >= 15 is 0 Å². The number of ether oxygens (including phenoxy) is 1. The van der Waals surface area contributed by atoms with Gasteiger partial charge in [0.25, 0.3) is 0 Å². The van der Waals surface area contributed by atoms with Crippen molar-refractivity contribution in [1.82, 2.24) is 0 Å². The Kier molecular flexibility index (Phi) is 4.38. The summed E-state index contributed by atoms with van der Waals surface area (Å²) in [7, 11) is 0. The van der Waals surface area contributed by atoms with E-state index in [4.69, 9.17) is 4.74 Å². The molecule has 1 aliphatic heterocycles. The highest BCUT2D eigenvalue weighted by Gasteiger charge is 2.49. The SMILES string of the molecule is Cc1ccc(Cc2cc3c(cc2F)CO[C@]32CC(C)[C@@H](O)C(O)C2)cc1. The zero-order valence-corrected chi connectivity index (χ0v) is 15.2. The molecular formula is C22H25FO3. The highest BCUT2D eigenvalue weighted by atomic mass is 19.1. The second kappa shape index (κ2) is 6.45. The van der Waals surface area contributed by atoms with Gasteiger partial charge in [0, 0.05) is 12.8 Å². The number of aryl methyl sites for hydroxylation is 1. The molecule has 3 nitrogen and oxygen atoms in total. The molecule has 138 valence electrons. The van der Waals surface area contributed by atoms with Gasteiger partial charge in [0.2, 0.25) is 0 Å². The van der Waals surface area contributed by atoms with E-state index in [1.54, 1.807) is 6.07 Å². The maximum atomic E-state index is 14.6. The second-order valence-corrected chi connectivity index (χ2v) is 7.99. The average Bonchev–Trinajstić information content (AvgIpc) is 2.92. The lowest BCUT2D eigenvalue weighted by atomic mass is 9.72. The van der Waals surface area contributed by atoms with Crippen LogP contribution in [0.1, 0.15) is 47.6 Å². The Balaban J connectivity index is 1.69. The minimum atomic E-state index is -0.824. The molecular weight excluding hydrogens is 331 g/mol. The molecule has 26 heavy (non-hydrogen) atoms. The molecule has 1 spiro atoms. The summed E-state index contributed by atoms with van der Waals surface area (Å²) in [6.07, 6.45) is -0.0541. The molecule has 2 aromatic carbocycles. The first-order chi connectivity index (χ1) is 12.4. The minimum absolute atomic E-state index is 0.0738. The predicted molar refractivity (Wildman–Crippen MR) is 97.3 cm³/mol. The average molecular weight is 356 g/mol. The van der Waals surface area contributed by atoms with Gasteiger partial charge in [0.05, 0.1) is 24.4 Å². The molecule has 1 heterocycles. The molecule has 4 heteroatoms. The molecule has 0 saturated heterocycles. The third kappa shape index (κ3) is 2.96. The Hall–Kier alpha value is -1.75. The van der Waals surface area contributed by atoms with Gasteiger partial charge >= 0.3 is 0 Å². The Labute approximate surface area is 153 Å². The number of hydrogen-bond acceptors (Lipinski definition) is 3. The van der Waals surface area contributed by atoms with Gasteiger partial charge in [-0.3, -0.25) is 0 Å². The highest BCUT2D eigenvalue weighted by molar-refractivity contribution is 5.42. The second-order valence-electron chi connectivity index (χ2n) is 7.99. The fraction of sp³-hybridized carbons (Fsp3) is 0.455. The molecule has 0 aromatic heterocycles. The van der Waals surface area contributed by atoms with Crippen LogP contribution in [-0.4, -0.2) is 22.4 Å². The number of aliphatic hydroxyl groups excluding tert-OH is 2. The fourth-order valence-corrected chi connectivity index (χ4v) is 4.46. The largest absolute Gasteiger partial charge is 0.390 e. The molecule has 2 aliphatic rings. The van der Waals surface area contributed by atoms with Gasteiger partial charge in [0.15, 0.2) is 0 Å². The van der Waals surface area contributed by atoms with E-state index < -0.39 is 17.8 Å². The smallest absolute Gasteiger partial charge is 0.127 e. The molecule has 2 unspecified atom stereocenters. The Morgan fingerprint density at radius 1 is 1.15 bits per heavy atom. The molecule has 4 rings (SSSR count). The predicted octanol–water partition coefficient (Wildman–Crippen LogP) is 3.60. The topological polar surface area (TPSA) is 49.7 Å². The van der Waals surface area contributed by atoms with E-state index in [0.29, 0.717) is 31.4 Å². The van der Waals surface area contributed by atoms with Crippen molar-refractivity contribution in [2.45, 2.75) is 57.5 Å². The zero-order valence-electron chi connectivity index (χ0n) is 15.2. The van der Waals surface area contributed by atoms with E-state index in [2.05, 4.69) is 0 Å². The molecule has 0 radical (unpaired) electrons. The van der Waals surface area contributed by atoms with Gasteiger partial charge in [-0.15, -0.1) is 0 Å². The van der Waals surface area contributed by atoms with Gasteiger partial charge in [-0.05, 0) is 53.6 Å². The molecule has 2 N–H and O–H groups in total. The summed E-state index contributed by atoms with van der Waals surface area (Å²) in [6, 6.07) is 11.6. The third-order valence-electron chi connectivity index (χ3n) is 5.95. The Morgan fingerprint density at radius 2 is 1.88 bits per heavy atom. The molecule has 0 bridgehead atoms. The van der Waals surface area contributed by atoms with Crippen molar-refractivity contribution in [3.05, 3.63) is 70.0 Å². The van der Waals surface area contributed by atoms with Crippen LogP contribution in [0.15, 0.2) is 36.4 Å². The van der Waals surface area contributed by atoms with Crippen molar-refractivity contribution in [3.63, 3.8) is 0 Å². The van der Waals surface area contributed by atoms with E-state index in [0.717, 1.165) is 16.7 Å². The molecule has 1 fully saturated rings. The van der Waals surface area contributed by atoms with Crippen LogP contribution in [-0.2, 0) is 23.4 Å². The number of fused-ring (bicyclic) bond motifs is 2. The van der Waals surface area contributed by atoms with Crippen LogP contribution in [0.4, 0.5) is 4.39 Å². The van der Waals surface area contributed by atoms with E-state index in [9.17, 15) is 14.6 Å². The van der Waals surface area contributed by atoms with Crippen LogP contribution in [0.3, 0.4) is 0 Å². The summed E-state index contributed by atoms with van der Waals surface area (Å²) >= 11 is 0. The Morgan fingerprint density at radius 3 is 2.58 bits per heavy atom. The van der Waals surface area contributed by atoms with Crippen molar-refractivity contribution >= 4 is 0 Å². The van der Waals surface area contributed by atoms with Gasteiger partial charge in [-0.2, -0.15) is 0 Å². The van der Waals surface area contributed by atoms with Gasteiger partial charge < -0.3 is 14.9 Å². The summed E-state index contributed by atoms with van der Waals surface area (Å²) < 4.78 is 20.7. The molecule has 4 atom stereocenters. The number of halogens is 1. The normalized spacial score (nSPS) is 30.6. The van der Waals surface area contributed by atoms with E-state index in [-0.39, 0.29) is 11.7 Å². The summed E-state index contributed by atoms with van der Waals surface area (Å²) in [4.78, 5) is 0. The van der Waals surface area contributed by atoms with Crippen LogP contribution in [0.2, 0.25) is 0 Å². The minimum Gasteiger partial charge on any atom is -0.390 e. The van der Waals surface area contributed by atoms with Gasteiger partial charge in [0.1, 0.15) is 5.82 Å². The van der Waals surface area contributed by atoms with Crippen LogP contribution in [0, 0.1) is 18.7 Å². The van der Waals surface area contributed by atoms with Crippen LogP contribution in [0.25, 0.3) is 0 Å². The van der Waals surface area contributed by atoms with Crippen molar-refractivity contribution in [1.29, 1.82) is 0 Å². The number of rotatable bonds is 2. The number of aliphatic hydroxyl groups is 2. The zero-order chi connectivity index (χ0) is 18.5. The third-order valence-corrected chi connectivity index (χ3v) is 5.95. The fourth-order valence-electron chi connectivity index (χ4n) is 4.46. The van der Waals surface area contributed by atoms with Gasteiger partial charge in [-0.25, -0.2) is 4.39 Å². The summed E-state index contributed by atoms with van der Waals surface area (Å²) in [5, 5.41) is 20.4. The number of benzene rings is 2. The summed E-state index contributed by atoms with van der Waals surface area (Å²) in [5.74, 6) is -0.287. The standard InChI is InChI=1S/C22H25FO3/c1-13-3-5-15(6-4-13)7-16-8-18-17(9-19(16)23)12-26-22(18)10-14(2)21(25)20(24)11-22/h3-6,8-9,14,20-21,24-25H,7,10-12H2,1-2H3/t14?,20?,21-,22+/m1/s1. The van der Waals surface area contributed by atoms with E-state index in [1.807, 2.05) is 44.2 Å². The lowest BCUT2D eigenvalue weighted by Crippen LogP contribution is -2.47. The maximum absolute atomic E-state index is 14.6. The van der Waals surface area contributed by atoms with Gasteiger partial charge in [-0.1, -0.05) is 36.8 Å². The van der Waals surface area contributed by atoms with Crippen LogP contribution in [0.5, 0.6) is 0 Å². The summed E-state index contributed by atoms with van der Waals surface area (Å²) in [6.45, 7) is 4.31. The first-order valence-corrected chi connectivity index (χ1v) is 9.25. The summed E-state index contributed by atoms with van der Waals surface area (Å²) in [5.41, 5.74) is 4.09. The lowest BCUT2D eigenvalue weighted by Gasteiger charge is -2.42. The molecule has 1 aliphatic carbocycles.